The molecule has 0 spiro atoms. The highest BCUT2D eigenvalue weighted by molar-refractivity contribution is 7.09. The van der Waals surface area contributed by atoms with Gasteiger partial charge in [-0.05, 0) is 13.8 Å². The second kappa shape index (κ2) is 4.95. The number of hydrogen-bond donors (Lipinski definition) is 0. The molecule has 0 radical (unpaired) electrons. The molecule has 1 aromatic heterocycles. The summed E-state index contributed by atoms with van der Waals surface area (Å²) in [6.45, 7) is 4.62. The molecule has 13 heavy (non-hydrogen) atoms. The molecular formula is C9H12N2OS. The fourth-order valence-electron chi connectivity index (χ4n) is 0.993. The van der Waals surface area contributed by atoms with Crippen LogP contribution in [0.5, 0.6) is 0 Å². The average Bonchev–Trinajstić information content (AvgIpc) is 2.54. The molecule has 1 unspecified atom stereocenters. The van der Waals surface area contributed by atoms with E-state index in [9.17, 15) is 0 Å². The molecule has 0 aliphatic heterocycles. The molecule has 0 aliphatic carbocycles. The Morgan fingerprint density at radius 1 is 1.77 bits per heavy atom. The lowest BCUT2D eigenvalue weighted by molar-refractivity contribution is 0.0761. The van der Waals surface area contributed by atoms with Crippen LogP contribution < -0.4 is 0 Å². The number of aromatic nitrogens is 1. The van der Waals surface area contributed by atoms with Gasteiger partial charge in [0.25, 0.3) is 0 Å². The van der Waals surface area contributed by atoms with Gasteiger partial charge < -0.3 is 4.74 Å². The van der Waals surface area contributed by atoms with Gasteiger partial charge in [0.2, 0.25) is 0 Å². The molecule has 1 atom stereocenters. The molecule has 0 aromatic carbocycles. The molecule has 0 amide bonds. The Morgan fingerprint density at radius 2 is 2.54 bits per heavy atom. The van der Waals surface area contributed by atoms with E-state index in [1.807, 2.05) is 19.2 Å². The number of rotatable bonds is 4. The van der Waals surface area contributed by atoms with Gasteiger partial charge in [0, 0.05) is 12.0 Å². The van der Waals surface area contributed by atoms with Gasteiger partial charge in [-0.3, -0.25) is 0 Å². The molecule has 0 N–H and O–H groups in total. The summed E-state index contributed by atoms with van der Waals surface area (Å²) in [7, 11) is 0. The van der Waals surface area contributed by atoms with Crippen molar-refractivity contribution < 1.29 is 4.74 Å². The summed E-state index contributed by atoms with van der Waals surface area (Å²) in [4.78, 5) is 4.29. The highest BCUT2D eigenvalue weighted by Crippen LogP contribution is 2.20. The van der Waals surface area contributed by atoms with Crippen LogP contribution in [-0.2, 0) is 11.2 Å². The van der Waals surface area contributed by atoms with Crippen molar-refractivity contribution in [3.63, 3.8) is 0 Å². The Bertz CT molecular complexity index is 303. The third-order valence-electron chi connectivity index (χ3n) is 1.59. The predicted molar refractivity (Wildman–Crippen MR) is 51.5 cm³/mol. The number of thiazole rings is 1. The van der Waals surface area contributed by atoms with Crippen molar-refractivity contribution in [3.8, 4) is 6.07 Å². The maximum absolute atomic E-state index is 8.45. The topological polar surface area (TPSA) is 45.9 Å². The van der Waals surface area contributed by atoms with Gasteiger partial charge in [-0.15, -0.1) is 11.3 Å². The summed E-state index contributed by atoms with van der Waals surface area (Å²) < 4.78 is 5.38. The van der Waals surface area contributed by atoms with E-state index in [-0.39, 0.29) is 6.10 Å². The van der Waals surface area contributed by atoms with E-state index in [4.69, 9.17) is 10.00 Å². The number of hydrogen-bond acceptors (Lipinski definition) is 4. The van der Waals surface area contributed by atoms with Crippen molar-refractivity contribution in [2.45, 2.75) is 26.4 Å². The Morgan fingerprint density at radius 3 is 3.15 bits per heavy atom. The summed E-state index contributed by atoms with van der Waals surface area (Å²) in [6.07, 6.45) is 0.428. The molecule has 3 nitrogen and oxygen atoms in total. The van der Waals surface area contributed by atoms with Crippen LogP contribution >= 0.6 is 11.3 Å². The molecule has 1 aromatic rings. The third-order valence-corrected chi connectivity index (χ3v) is 2.65. The van der Waals surface area contributed by atoms with Crippen molar-refractivity contribution in [3.05, 3.63) is 16.1 Å². The van der Waals surface area contributed by atoms with E-state index >= 15 is 0 Å². The Hall–Kier alpha value is -0.920. The maximum atomic E-state index is 8.45. The first-order valence-electron chi connectivity index (χ1n) is 4.20. The second-order valence-electron chi connectivity index (χ2n) is 2.61. The first kappa shape index (κ1) is 10.2. The quantitative estimate of drug-likeness (QED) is 0.742. The average molecular weight is 196 g/mol. The Kier molecular flexibility index (Phi) is 3.87. The van der Waals surface area contributed by atoms with Gasteiger partial charge in [-0.2, -0.15) is 5.26 Å². The van der Waals surface area contributed by atoms with Crippen molar-refractivity contribution in [1.82, 2.24) is 4.98 Å². The van der Waals surface area contributed by atoms with Crippen molar-refractivity contribution in [1.29, 1.82) is 5.26 Å². The van der Waals surface area contributed by atoms with Crippen LogP contribution in [0.2, 0.25) is 0 Å². The van der Waals surface area contributed by atoms with Gasteiger partial charge in [-0.25, -0.2) is 4.98 Å². The summed E-state index contributed by atoms with van der Waals surface area (Å²) >= 11 is 1.55. The number of nitrogens with zero attached hydrogens (tertiary/aromatic N) is 2. The lowest BCUT2D eigenvalue weighted by Gasteiger charge is -2.06. The zero-order valence-corrected chi connectivity index (χ0v) is 8.60. The lowest BCUT2D eigenvalue weighted by Crippen LogP contribution is -1.98. The minimum absolute atomic E-state index is 0.0439. The normalized spacial score (nSPS) is 12.4. The largest absolute Gasteiger partial charge is 0.372 e. The van der Waals surface area contributed by atoms with Gasteiger partial charge in [0.1, 0.15) is 11.1 Å². The molecule has 70 valence electrons. The summed E-state index contributed by atoms with van der Waals surface area (Å²) in [5.74, 6) is 0. The molecule has 1 rings (SSSR count). The van der Waals surface area contributed by atoms with E-state index in [2.05, 4.69) is 11.1 Å². The standard InChI is InChI=1S/C9H12N2OS/c1-3-12-7(2)9-11-8(4-5-10)6-13-9/h6-7H,3-4H2,1-2H3. The highest BCUT2D eigenvalue weighted by Gasteiger charge is 2.09. The van der Waals surface area contributed by atoms with Crippen LogP contribution in [0.1, 0.15) is 30.7 Å². The molecular weight excluding hydrogens is 184 g/mol. The molecule has 0 fully saturated rings. The van der Waals surface area contributed by atoms with E-state index in [1.54, 1.807) is 11.3 Å². The van der Waals surface area contributed by atoms with Crippen LogP contribution in [0.4, 0.5) is 0 Å². The fourth-order valence-corrected chi connectivity index (χ4v) is 1.82. The van der Waals surface area contributed by atoms with E-state index in [0.717, 1.165) is 10.7 Å². The number of nitriles is 1. The van der Waals surface area contributed by atoms with E-state index < -0.39 is 0 Å². The van der Waals surface area contributed by atoms with Gasteiger partial charge >= 0.3 is 0 Å². The van der Waals surface area contributed by atoms with Gasteiger partial charge in [-0.1, -0.05) is 0 Å². The van der Waals surface area contributed by atoms with E-state index in [0.29, 0.717) is 13.0 Å². The van der Waals surface area contributed by atoms with Crippen LogP contribution in [-0.4, -0.2) is 11.6 Å². The van der Waals surface area contributed by atoms with E-state index in [1.165, 1.54) is 0 Å². The molecule has 0 saturated carbocycles. The summed E-state index contributed by atoms with van der Waals surface area (Å²) in [5.41, 5.74) is 0.842. The number of ether oxygens (including phenoxy) is 1. The van der Waals surface area contributed by atoms with Crippen molar-refractivity contribution in [2.75, 3.05) is 6.61 Å². The molecule has 0 saturated heterocycles. The van der Waals surface area contributed by atoms with Crippen molar-refractivity contribution in [2.24, 2.45) is 0 Å². The Labute approximate surface area is 82.0 Å². The predicted octanol–water partition coefficient (Wildman–Crippen LogP) is 2.31. The smallest absolute Gasteiger partial charge is 0.122 e. The first-order chi connectivity index (χ1) is 6.27. The van der Waals surface area contributed by atoms with Crippen LogP contribution in [0.25, 0.3) is 0 Å². The van der Waals surface area contributed by atoms with Crippen LogP contribution in [0.3, 0.4) is 0 Å². The first-order valence-corrected chi connectivity index (χ1v) is 5.08. The lowest BCUT2D eigenvalue weighted by atomic mass is 10.3. The van der Waals surface area contributed by atoms with Crippen LogP contribution in [0.15, 0.2) is 5.38 Å². The summed E-state index contributed by atoms with van der Waals surface area (Å²) in [5, 5.41) is 11.3. The zero-order chi connectivity index (χ0) is 9.68. The van der Waals surface area contributed by atoms with Gasteiger partial charge in [0.05, 0.1) is 18.2 Å². The zero-order valence-electron chi connectivity index (χ0n) is 7.78. The SMILES string of the molecule is CCOC(C)c1nc(CC#N)cs1. The maximum Gasteiger partial charge on any atom is 0.122 e. The monoisotopic (exact) mass is 196 g/mol. The second-order valence-corrected chi connectivity index (χ2v) is 3.50. The van der Waals surface area contributed by atoms with Crippen LogP contribution in [0, 0.1) is 11.3 Å². The molecule has 1 heterocycles. The molecule has 4 heteroatoms. The Balaban J connectivity index is 2.63. The summed E-state index contributed by atoms with van der Waals surface area (Å²) in [6, 6.07) is 2.07. The minimum Gasteiger partial charge on any atom is -0.372 e. The highest BCUT2D eigenvalue weighted by atomic mass is 32.1. The van der Waals surface area contributed by atoms with Gasteiger partial charge in [0.15, 0.2) is 0 Å². The molecule has 0 bridgehead atoms. The third kappa shape index (κ3) is 2.79. The fraction of sp³-hybridized carbons (Fsp3) is 0.556. The molecule has 0 aliphatic rings. The van der Waals surface area contributed by atoms with Crippen molar-refractivity contribution >= 4 is 11.3 Å². The minimum atomic E-state index is 0.0439.